The molecule has 1 amide bonds. The maximum Gasteiger partial charge on any atom is 0.225 e. The van der Waals surface area contributed by atoms with Crippen LogP contribution in [-0.4, -0.2) is 30.5 Å². The Hall–Kier alpha value is -1.62. The first-order valence-electron chi connectivity index (χ1n) is 7.79. The predicted octanol–water partition coefficient (Wildman–Crippen LogP) is 2.24. The zero-order valence-electron chi connectivity index (χ0n) is 13.0. The van der Waals surface area contributed by atoms with Crippen molar-refractivity contribution in [2.45, 2.75) is 33.1 Å². The summed E-state index contributed by atoms with van der Waals surface area (Å²) in [6.45, 7) is 7.28. The van der Waals surface area contributed by atoms with Crippen molar-refractivity contribution in [3.05, 3.63) is 18.3 Å². The second-order valence-corrected chi connectivity index (χ2v) is 6.19. The molecule has 2 unspecified atom stereocenters. The fraction of sp³-hybridized carbons (Fsp3) is 0.625. The van der Waals surface area contributed by atoms with Crippen LogP contribution in [0.25, 0.3) is 0 Å². The van der Waals surface area contributed by atoms with Crippen molar-refractivity contribution >= 4 is 17.4 Å². The highest BCUT2D eigenvalue weighted by atomic mass is 16.1. The topological polar surface area (TPSA) is 71.2 Å². The Morgan fingerprint density at radius 3 is 2.67 bits per heavy atom. The number of carbonyl (C=O) groups excluding carboxylic acids is 1. The number of pyridine rings is 1. The molecule has 2 atom stereocenters. The molecular formula is C16H26N4O. The molecule has 0 aromatic carbocycles. The van der Waals surface area contributed by atoms with E-state index >= 15 is 0 Å². The Morgan fingerprint density at radius 1 is 1.38 bits per heavy atom. The minimum absolute atomic E-state index is 0.0269. The van der Waals surface area contributed by atoms with Gasteiger partial charge in [-0.05, 0) is 43.4 Å². The number of rotatable bonds is 5. The molecule has 116 valence electrons. The van der Waals surface area contributed by atoms with E-state index in [4.69, 9.17) is 5.73 Å². The van der Waals surface area contributed by atoms with E-state index in [2.05, 4.69) is 29.0 Å². The largest absolute Gasteiger partial charge is 0.370 e. The quantitative estimate of drug-likeness (QED) is 0.872. The summed E-state index contributed by atoms with van der Waals surface area (Å²) in [5, 5.41) is 2.80. The van der Waals surface area contributed by atoms with Gasteiger partial charge >= 0.3 is 0 Å². The molecule has 1 aliphatic heterocycles. The van der Waals surface area contributed by atoms with Crippen molar-refractivity contribution in [1.29, 1.82) is 0 Å². The van der Waals surface area contributed by atoms with E-state index in [0.717, 1.165) is 18.8 Å². The lowest BCUT2D eigenvalue weighted by molar-refractivity contribution is -0.116. The molecule has 5 heteroatoms. The van der Waals surface area contributed by atoms with Gasteiger partial charge in [0.05, 0.1) is 11.9 Å². The maximum atomic E-state index is 11.6. The van der Waals surface area contributed by atoms with Gasteiger partial charge in [-0.1, -0.05) is 13.8 Å². The van der Waals surface area contributed by atoms with Crippen LogP contribution in [0.15, 0.2) is 18.3 Å². The molecule has 3 N–H and O–H groups in total. The molecule has 1 aromatic rings. The molecule has 0 bridgehead atoms. The summed E-state index contributed by atoms with van der Waals surface area (Å²) < 4.78 is 0. The lowest BCUT2D eigenvalue weighted by atomic mass is 9.92. The number of hydrogen-bond donors (Lipinski definition) is 2. The van der Waals surface area contributed by atoms with E-state index in [1.54, 1.807) is 0 Å². The number of nitrogens with two attached hydrogens (primary N) is 1. The van der Waals surface area contributed by atoms with Crippen LogP contribution in [0.4, 0.5) is 11.5 Å². The molecule has 1 aromatic heterocycles. The second kappa shape index (κ2) is 7.41. The van der Waals surface area contributed by atoms with Crippen LogP contribution in [0.2, 0.25) is 0 Å². The Bertz CT molecular complexity index is 450. The molecule has 1 saturated heterocycles. The van der Waals surface area contributed by atoms with Crippen molar-refractivity contribution in [3.63, 3.8) is 0 Å². The fourth-order valence-corrected chi connectivity index (χ4v) is 2.99. The Kier molecular flexibility index (Phi) is 5.56. The Balaban J connectivity index is 1.94. The molecule has 0 aliphatic carbocycles. The van der Waals surface area contributed by atoms with Gasteiger partial charge in [0.25, 0.3) is 0 Å². The number of carbonyl (C=O) groups is 1. The highest BCUT2D eigenvalue weighted by Crippen LogP contribution is 2.26. The summed E-state index contributed by atoms with van der Waals surface area (Å²) in [5.41, 5.74) is 6.53. The molecule has 21 heavy (non-hydrogen) atoms. The van der Waals surface area contributed by atoms with Crippen molar-refractivity contribution in [1.82, 2.24) is 4.98 Å². The van der Waals surface area contributed by atoms with Crippen LogP contribution in [-0.2, 0) is 4.79 Å². The molecule has 0 radical (unpaired) electrons. The summed E-state index contributed by atoms with van der Waals surface area (Å²) in [6.07, 6.45) is 4.29. The summed E-state index contributed by atoms with van der Waals surface area (Å²) in [6, 6.07) is 3.91. The summed E-state index contributed by atoms with van der Waals surface area (Å²) in [7, 11) is 0. The molecule has 0 saturated carbocycles. The number of hydrogen-bond acceptors (Lipinski definition) is 4. The van der Waals surface area contributed by atoms with Gasteiger partial charge in [-0.2, -0.15) is 0 Å². The number of anilines is 2. The number of amides is 1. The van der Waals surface area contributed by atoms with E-state index in [0.29, 0.717) is 37.0 Å². The monoisotopic (exact) mass is 290 g/mol. The van der Waals surface area contributed by atoms with Crippen LogP contribution in [0.3, 0.4) is 0 Å². The van der Waals surface area contributed by atoms with Gasteiger partial charge in [-0.3, -0.25) is 4.79 Å². The number of nitrogens with one attached hydrogen (secondary N) is 1. The van der Waals surface area contributed by atoms with E-state index in [-0.39, 0.29) is 5.91 Å². The second-order valence-electron chi connectivity index (χ2n) is 6.19. The highest BCUT2D eigenvalue weighted by molar-refractivity contribution is 5.89. The summed E-state index contributed by atoms with van der Waals surface area (Å²) in [5.74, 6) is 2.01. The van der Waals surface area contributed by atoms with Gasteiger partial charge in [0.2, 0.25) is 5.91 Å². The number of nitrogens with zero attached hydrogens (tertiary/aromatic N) is 2. The van der Waals surface area contributed by atoms with Crippen LogP contribution in [0.1, 0.15) is 33.1 Å². The average Bonchev–Trinajstić information content (AvgIpc) is 2.45. The first-order chi connectivity index (χ1) is 10.1. The lowest BCUT2D eigenvalue weighted by Gasteiger charge is -2.36. The molecule has 0 spiro atoms. The lowest BCUT2D eigenvalue weighted by Crippen LogP contribution is -2.38. The normalized spacial score (nSPS) is 22.1. The van der Waals surface area contributed by atoms with Gasteiger partial charge < -0.3 is 16.0 Å². The van der Waals surface area contributed by atoms with Crippen molar-refractivity contribution in [3.8, 4) is 0 Å². The van der Waals surface area contributed by atoms with Crippen LogP contribution in [0, 0.1) is 11.8 Å². The van der Waals surface area contributed by atoms with Crippen molar-refractivity contribution in [2.75, 3.05) is 29.9 Å². The molecule has 2 heterocycles. The Morgan fingerprint density at radius 2 is 2.10 bits per heavy atom. The first kappa shape index (κ1) is 15.8. The zero-order valence-corrected chi connectivity index (χ0v) is 13.0. The van der Waals surface area contributed by atoms with Crippen LogP contribution >= 0.6 is 0 Å². The average molecular weight is 290 g/mol. The van der Waals surface area contributed by atoms with Gasteiger partial charge in [0, 0.05) is 19.5 Å². The fourth-order valence-electron chi connectivity index (χ4n) is 2.99. The highest BCUT2D eigenvalue weighted by Gasteiger charge is 2.22. The third-order valence-electron chi connectivity index (χ3n) is 3.86. The third-order valence-corrected chi connectivity index (χ3v) is 3.86. The summed E-state index contributed by atoms with van der Waals surface area (Å²) >= 11 is 0. The van der Waals surface area contributed by atoms with Gasteiger partial charge in [0.15, 0.2) is 0 Å². The molecule has 2 rings (SSSR count). The van der Waals surface area contributed by atoms with Crippen LogP contribution < -0.4 is 16.0 Å². The van der Waals surface area contributed by atoms with E-state index in [1.807, 2.05) is 18.3 Å². The van der Waals surface area contributed by atoms with Crippen molar-refractivity contribution < 1.29 is 4.79 Å². The predicted molar refractivity (Wildman–Crippen MR) is 86.3 cm³/mol. The van der Waals surface area contributed by atoms with Gasteiger partial charge in [-0.15, -0.1) is 0 Å². The first-order valence-corrected chi connectivity index (χ1v) is 7.79. The molecule has 5 nitrogen and oxygen atoms in total. The van der Waals surface area contributed by atoms with Gasteiger partial charge in [-0.25, -0.2) is 4.98 Å². The van der Waals surface area contributed by atoms with Crippen LogP contribution in [0.5, 0.6) is 0 Å². The minimum atomic E-state index is -0.0269. The molecular weight excluding hydrogens is 264 g/mol. The van der Waals surface area contributed by atoms with E-state index in [9.17, 15) is 4.79 Å². The third kappa shape index (κ3) is 4.70. The number of aromatic nitrogens is 1. The zero-order chi connectivity index (χ0) is 15.2. The smallest absolute Gasteiger partial charge is 0.225 e. The molecule has 1 fully saturated rings. The van der Waals surface area contributed by atoms with Crippen molar-refractivity contribution in [2.24, 2.45) is 17.6 Å². The summed E-state index contributed by atoms with van der Waals surface area (Å²) in [4.78, 5) is 18.4. The Labute approximate surface area is 126 Å². The molecule has 1 aliphatic rings. The SMILES string of the molecule is CC1CC(C)CN(c2ccc(NC(=O)CCCN)nc2)C1. The van der Waals surface area contributed by atoms with Gasteiger partial charge in [0.1, 0.15) is 5.82 Å². The number of piperidine rings is 1. The maximum absolute atomic E-state index is 11.6. The van der Waals surface area contributed by atoms with E-state index in [1.165, 1.54) is 6.42 Å². The standard InChI is InChI=1S/C16H26N4O/c1-12-8-13(2)11-20(10-12)14-5-6-15(18-9-14)19-16(21)4-3-7-17/h5-6,9,12-13H,3-4,7-8,10-11,17H2,1-2H3,(H,18,19,21). The minimum Gasteiger partial charge on any atom is -0.370 e. The van der Waals surface area contributed by atoms with E-state index < -0.39 is 0 Å².